The van der Waals surface area contributed by atoms with Crippen molar-refractivity contribution in [2.24, 2.45) is 17.3 Å². The minimum Gasteiger partial charge on any atom is -0.547 e. The molecule has 2 bridgehead atoms. The van der Waals surface area contributed by atoms with E-state index in [4.69, 9.17) is 9.78 Å². The fraction of sp³-hybridized carbons (Fsp3) is 0.944. The Morgan fingerprint density at radius 2 is 2.00 bits per heavy atom. The molecule has 4 nitrogen and oxygen atoms in total. The second-order valence-corrected chi connectivity index (χ2v) is 7.90. The largest absolute Gasteiger partial charge is 0.547 e. The van der Waals surface area contributed by atoms with Gasteiger partial charge in [0.1, 0.15) is 11.2 Å². The van der Waals surface area contributed by atoms with Gasteiger partial charge in [-0.3, -0.25) is 0 Å². The lowest BCUT2D eigenvalue weighted by molar-refractivity contribution is -0.480. The molecule has 3 aliphatic rings. The number of fused-ring (bicyclic) bond motifs is 2. The van der Waals surface area contributed by atoms with Crippen LogP contribution in [0.4, 0.5) is 0 Å². The number of hydrogen-bond acceptors (Lipinski definition) is 4. The quantitative estimate of drug-likeness (QED) is 0.510. The summed E-state index contributed by atoms with van der Waals surface area (Å²) >= 11 is 0. The van der Waals surface area contributed by atoms with E-state index in [0.29, 0.717) is 24.7 Å². The summed E-state index contributed by atoms with van der Waals surface area (Å²) in [5.74, 6) is -0.117. The molecule has 3 saturated carbocycles. The second kappa shape index (κ2) is 6.12. The molecule has 0 aromatic carbocycles. The molecule has 0 amide bonds. The molecule has 0 aromatic heterocycles. The molecule has 3 fully saturated rings. The number of rotatable bonds is 8. The van der Waals surface area contributed by atoms with Gasteiger partial charge in [-0.05, 0) is 43.9 Å². The third kappa shape index (κ3) is 2.48. The van der Waals surface area contributed by atoms with Crippen LogP contribution in [0.3, 0.4) is 0 Å². The number of hydrogen-bond donors (Lipinski definition) is 0. The number of aliphatic carboxylic acids is 1. The van der Waals surface area contributed by atoms with Crippen LogP contribution in [0.25, 0.3) is 0 Å². The molecule has 0 radical (unpaired) electrons. The summed E-state index contributed by atoms with van der Waals surface area (Å²) in [7, 11) is 0. The van der Waals surface area contributed by atoms with Crippen molar-refractivity contribution in [2.75, 3.05) is 0 Å². The van der Waals surface area contributed by atoms with E-state index >= 15 is 0 Å². The second-order valence-electron chi connectivity index (χ2n) is 7.90. The zero-order chi connectivity index (χ0) is 16.6. The highest BCUT2D eigenvalue weighted by Crippen LogP contribution is 2.66. The summed E-state index contributed by atoms with van der Waals surface area (Å²) in [5, 5.41) is 11.7. The first-order valence-electron chi connectivity index (χ1n) is 8.84. The molecule has 3 aliphatic carbocycles. The summed E-state index contributed by atoms with van der Waals surface area (Å²) in [6.45, 7) is 10.5. The Morgan fingerprint density at radius 3 is 2.45 bits per heavy atom. The molecule has 0 aromatic rings. The Labute approximate surface area is 134 Å². The Hall–Kier alpha value is -0.610. The summed E-state index contributed by atoms with van der Waals surface area (Å²) in [6.07, 6.45) is 5.85. The molecule has 128 valence electrons. The van der Waals surface area contributed by atoms with Crippen molar-refractivity contribution in [1.29, 1.82) is 0 Å². The first-order valence-corrected chi connectivity index (χ1v) is 8.84. The van der Waals surface area contributed by atoms with Crippen LogP contribution >= 0.6 is 0 Å². The van der Waals surface area contributed by atoms with Gasteiger partial charge in [0.05, 0.1) is 5.97 Å². The lowest BCUT2D eigenvalue weighted by Crippen LogP contribution is -2.69. The molecule has 22 heavy (non-hydrogen) atoms. The number of unbranched alkanes of at least 4 members (excludes halogenated alkanes) is 1. The molecule has 0 N–H and O–H groups in total. The third-order valence-electron chi connectivity index (χ3n) is 6.63. The molecule has 4 heteroatoms. The zero-order valence-corrected chi connectivity index (χ0v) is 14.7. The van der Waals surface area contributed by atoms with Crippen molar-refractivity contribution >= 4 is 5.97 Å². The summed E-state index contributed by atoms with van der Waals surface area (Å²) < 4.78 is 0. The van der Waals surface area contributed by atoms with Gasteiger partial charge in [0.2, 0.25) is 0 Å². The van der Waals surface area contributed by atoms with Crippen LogP contribution < -0.4 is 5.11 Å². The smallest absolute Gasteiger partial charge is 0.142 e. The van der Waals surface area contributed by atoms with Crippen LogP contribution in [0.1, 0.15) is 79.6 Å². The van der Waals surface area contributed by atoms with Crippen molar-refractivity contribution in [3.63, 3.8) is 0 Å². The van der Waals surface area contributed by atoms with Gasteiger partial charge < -0.3 is 9.90 Å². The Bertz CT molecular complexity index is 419. The fourth-order valence-corrected chi connectivity index (χ4v) is 4.48. The number of carbonyl (C=O) groups is 1. The average Bonchev–Trinajstić information content (AvgIpc) is 2.48. The predicted molar refractivity (Wildman–Crippen MR) is 82.7 cm³/mol. The lowest BCUT2D eigenvalue weighted by atomic mass is 9.43. The average molecular weight is 311 g/mol. The van der Waals surface area contributed by atoms with Gasteiger partial charge in [-0.25, -0.2) is 9.78 Å². The van der Waals surface area contributed by atoms with E-state index < -0.39 is 11.6 Å². The highest BCUT2D eigenvalue weighted by molar-refractivity contribution is 5.75. The maximum absolute atomic E-state index is 11.7. The maximum Gasteiger partial charge on any atom is 0.142 e. The standard InChI is InChI=1S/C18H32O4/c1-6-8-11-17(7-2,15(19)20)21-22-18-12-14(16(18,4)5)10-9-13(18)3/h13-14H,6-12H2,1-5H3,(H,19,20)/p-1. The molecule has 3 rings (SSSR count). The monoisotopic (exact) mass is 311 g/mol. The van der Waals surface area contributed by atoms with Crippen LogP contribution in [-0.4, -0.2) is 17.2 Å². The van der Waals surface area contributed by atoms with Crippen LogP contribution in [0.2, 0.25) is 0 Å². The molecule has 0 spiro atoms. The predicted octanol–water partition coefficient (Wildman–Crippen LogP) is 3.24. The van der Waals surface area contributed by atoms with Crippen molar-refractivity contribution in [2.45, 2.75) is 90.8 Å². The minimum atomic E-state index is -1.32. The normalized spacial score (nSPS) is 35.5. The van der Waals surface area contributed by atoms with E-state index in [1.807, 2.05) is 13.8 Å². The number of carboxylic acids is 1. The van der Waals surface area contributed by atoms with Crippen LogP contribution in [-0.2, 0) is 14.6 Å². The minimum absolute atomic E-state index is 0.0425. The summed E-state index contributed by atoms with van der Waals surface area (Å²) in [5.41, 5.74) is -1.62. The Morgan fingerprint density at radius 1 is 1.32 bits per heavy atom. The van der Waals surface area contributed by atoms with Gasteiger partial charge in [-0.2, -0.15) is 0 Å². The first kappa shape index (κ1) is 17.7. The van der Waals surface area contributed by atoms with Crippen molar-refractivity contribution in [1.82, 2.24) is 0 Å². The highest BCUT2D eigenvalue weighted by atomic mass is 17.2. The van der Waals surface area contributed by atoms with Crippen molar-refractivity contribution < 1.29 is 19.7 Å². The molecular weight excluding hydrogens is 280 g/mol. The van der Waals surface area contributed by atoms with Gasteiger partial charge in [-0.1, -0.05) is 47.5 Å². The first-order chi connectivity index (χ1) is 10.3. The van der Waals surface area contributed by atoms with Gasteiger partial charge in [-0.15, -0.1) is 0 Å². The number of carbonyl (C=O) groups excluding carboxylic acids is 1. The van der Waals surface area contributed by atoms with Gasteiger partial charge >= 0.3 is 0 Å². The van der Waals surface area contributed by atoms with E-state index in [-0.39, 0.29) is 11.0 Å². The molecule has 0 heterocycles. The molecule has 0 saturated heterocycles. The molecule has 0 aliphatic heterocycles. The van der Waals surface area contributed by atoms with E-state index in [1.54, 1.807) is 0 Å². The van der Waals surface area contributed by atoms with Crippen LogP contribution in [0.5, 0.6) is 0 Å². The summed E-state index contributed by atoms with van der Waals surface area (Å²) in [6, 6.07) is 0. The maximum atomic E-state index is 11.7. The molecular formula is C18H31O4-. The highest BCUT2D eigenvalue weighted by Gasteiger charge is 2.67. The summed E-state index contributed by atoms with van der Waals surface area (Å²) in [4.78, 5) is 23.3. The Kier molecular flexibility index (Phi) is 4.94. The molecule has 4 unspecified atom stereocenters. The van der Waals surface area contributed by atoms with E-state index in [2.05, 4.69) is 20.8 Å². The van der Waals surface area contributed by atoms with E-state index in [1.165, 1.54) is 6.42 Å². The van der Waals surface area contributed by atoms with Gasteiger partial charge in [0, 0.05) is 5.41 Å². The van der Waals surface area contributed by atoms with Gasteiger partial charge in [0.15, 0.2) is 0 Å². The van der Waals surface area contributed by atoms with E-state index in [9.17, 15) is 9.90 Å². The Balaban J connectivity index is 2.13. The van der Waals surface area contributed by atoms with E-state index in [0.717, 1.165) is 25.7 Å². The third-order valence-corrected chi connectivity index (χ3v) is 6.63. The topological polar surface area (TPSA) is 58.6 Å². The van der Waals surface area contributed by atoms with Crippen molar-refractivity contribution in [3.8, 4) is 0 Å². The van der Waals surface area contributed by atoms with Gasteiger partial charge in [0.25, 0.3) is 0 Å². The number of carboxylic acid groups (broad SMARTS) is 1. The zero-order valence-electron chi connectivity index (χ0n) is 14.7. The van der Waals surface area contributed by atoms with Crippen LogP contribution in [0, 0.1) is 17.3 Å². The SMILES string of the molecule is CCCCC(CC)(OOC12CC(CCC1C)C2(C)C)C(=O)[O-]. The lowest BCUT2D eigenvalue weighted by Gasteiger charge is -2.66. The molecule has 4 atom stereocenters. The van der Waals surface area contributed by atoms with Crippen LogP contribution in [0.15, 0.2) is 0 Å². The fourth-order valence-electron chi connectivity index (χ4n) is 4.48. The van der Waals surface area contributed by atoms with Crippen molar-refractivity contribution in [3.05, 3.63) is 0 Å².